The van der Waals surface area contributed by atoms with E-state index in [1.165, 1.54) is 20.2 Å². The second-order valence-electron chi connectivity index (χ2n) is 8.79. The third-order valence-corrected chi connectivity index (χ3v) is 7.39. The molecule has 2 aromatic heterocycles. The molecule has 15 nitrogen and oxygen atoms in total. The fraction of sp³-hybridized carbons (Fsp3) is 0.409. The van der Waals surface area contributed by atoms with Gasteiger partial charge in [-0.3, -0.25) is 23.7 Å². The van der Waals surface area contributed by atoms with Crippen LogP contribution in [0.3, 0.4) is 0 Å². The summed E-state index contributed by atoms with van der Waals surface area (Å²) in [5, 5.41) is 9.39. The minimum Gasteiger partial charge on any atom is -0.361 e. The van der Waals surface area contributed by atoms with Crippen molar-refractivity contribution in [2.45, 2.75) is 44.2 Å². The van der Waals surface area contributed by atoms with Gasteiger partial charge < -0.3 is 19.9 Å². The monoisotopic (exact) mass is 546 g/mol. The highest BCUT2D eigenvalue weighted by Gasteiger charge is 2.39. The van der Waals surface area contributed by atoms with E-state index in [4.69, 9.17) is 14.8 Å². The molecule has 3 aromatic rings. The molecule has 0 spiro atoms. The minimum atomic E-state index is -4.56. The lowest BCUT2D eigenvalue weighted by atomic mass is 10.1. The lowest BCUT2D eigenvalue weighted by Gasteiger charge is -2.23. The Morgan fingerprint density at radius 2 is 2.18 bits per heavy atom. The van der Waals surface area contributed by atoms with Gasteiger partial charge in [-0.1, -0.05) is 23.3 Å². The Balaban J connectivity index is 1.46. The molecule has 3 heterocycles. The standard InChI is InChI=1S/C22H27N8O7P/c1-12-10-30(22(33)26-20(12)31)19-8-16(27-29-23)18(37-19)11-36-38(34,35)28-17(21(32)24-2)7-13-9-25-15-6-4-3-5-14(13)15/h3-6,9-10,16-19,25H,7-8,11H2,1-2H3,(H,24,32)(H,26,31,33)(H2,28,34,35)/t16-,17+,18-,19?/m1/s1. The number of benzene rings is 1. The Kier molecular flexibility index (Phi) is 8.17. The van der Waals surface area contributed by atoms with Gasteiger partial charge in [0.1, 0.15) is 12.3 Å². The van der Waals surface area contributed by atoms with Crippen LogP contribution in [0.15, 0.2) is 51.4 Å². The number of ether oxygens (including phenoxy) is 1. The van der Waals surface area contributed by atoms with Crippen LogP contribution in [0.1, 0.15) is 23.8 Å². The van der Waals surface area contributed by atoms with E-state index in [0.717, 1.165) is 21.0 Å². The van der Waals surface area contributed by atoms with E-state index in [1.807, 2.05) is 24.3 Å². The van der Waals surface area contributed by atoms with Gasteiger partial charge in [-0.15, -0.1) is 0 Å². The van der Waals surface area contributed by atoms with Crippen molar-refractivity contribution in [2.24, 2.45) is 5.11 Å². The largest absolute Gasteiger partial charge is 0.403 e. The fourth-order valence-corrected chi connectivity index (χ4v) is 5.35. The van der Waals surface area contributed by atoms with Crippen molar-refractivity contribution in [3.8, 4) is 0 Å². The number of azide groups is 1. The Hall–Kier alpha value is -3.71. The number of nitrogens with one attached hydrogen (secondary N) is 4. The molecule has 1 fully saturated rings. The van der Waals surface area contributed by atoms with E-state index in [9.17, 15) is 23.8 Å². The summed E-state index contributed by atoms with van der Waals surface area (Å²) in [5.41, 5.74) is 9.58. The SMILES string of the molecule is CNC(=O)[C@H](Cc1c[nH]c2ccccc12)NP(=O)(O)OC[C@H]1OC(n2cc(C)c(=O)[nH]c2=O)C[C@H]1N=[N+]=[N-]. The summed E-state index contributed by atoms with van der Waals surface area (Å²) in [4.78, 5) is 55.0. The van der Waals surface area contributed by atoms with E-state index in [1.54, 1.807) is 6.20 Å². The Labute approximate surface area is 215 Å². The summed E-state index contributed by atoms with van der Waals surface area (Å²) >= 11 is 0. The summed E-state index contributed by atoms with van der Waals surface area (Å²) in [7, 11) is -3.15. The van der Waals surface area contributed by atoms with E-state index >= 15 is 0 Å². The number of nitrogens with zero attached hydrogens (tertiary/aromatic N) is 4. The summed E-state index contributed by atoms with van der Waals surface area (Å²) in [5.74, 6) is -0.523. The van der Waals surface area contributed by atoms with Gasteiger partial charge in [0.2, 0.25) is 5.91 Å². The van der Waals surface area contributed by atoms with Crippen molar-refractivity contribution in [3.05, 3.63) is 79.1 Å². The summed E-state index contributed by atoms with van der Waals surface area (Å²) < 4.78 is 25.1. The van der Waals surface area contributed by atoms with Gasteiger partial charge >= 0.3 is 13.4 Å². The maximum absolute atomic E-state index is 12.9. The van der Waals surface area contributed by atoms with Crippen molar-refractivity contribution < 1.29 is 23.5 Å². The number of likely N-dealkylation sites (N-methyl/N-ethyl adjacent to an activating group) is 1. The molecule has 0 bridgehead atoms. The van der Waals surface area contributed by atoms with Crippen molar-refractivity contribution in [3.63, 3.8) is 0 Å². The molecule has 0 saturated carbocycles. The molecule has 1 saturated heterocycles. The number of aromatic nitrogens is 3. The third kappa shape index (κ3) is 6.05. The maximum Gasteiger partial charge on any atom is 0.403 e. The van der Waals surface area contributed by atoms with Gasteiger partial charge in [0.05, 0.1) is 18.8 Å². The van der Waals surface area contributed by atoms with Crippen molar-refractivity contribution in [1.29, 1.82) is 0 Å². The van der Waals surface area contributed by atoms with Crippen molar-refractivity contribution in [2.75, 3.05) is 13.7 Å². The molecule has 2 unspecified atom stereocenters. The Morgan fingerprint density at radius 1 is 1.42 bits per heavy atom. The first-order chi connectivity index (χ1) is 18.1. The van der Waals surface area contributed by atoms with Crippen LogP contribution in [0, 0.1) is 6.92 Å². The average Bonchev–Trinajstić information content (AvgIpc) is 3.48. The Morgan fingerprint density at radius 3 is 2.92 bits per heavy atom. The minimum absolute atomic E-state index is 0.0636. The van der Waals surface area contributed by atoms with Gasteiger partial charge in [-0.25, -0.2) is 14.4 Å². The number of hydrogen-bond acceptors (Lipinski definition) is 7. The number of aryl methyl sites for hydroxylation is 1. The number of para-hydroxylation sites is 1. The lowest BCUT2D eigenvalue weighted by Crippen LogP contribution is -2.43. The van der Waals surface area contributed by atoms with Crippen LogP contribution >= 0.6 is 7.75 Å². The summed E-state index contributed by atoms with van der Waals surface area (Å²) in [6.45, 7) is 1.04. The van der Waals surface area contributed by atoms with Crippen molar-refractivity contribution in [1.82, 2.24) is 24.9 Å². The zero-order chi connectivity index (χ0) is 27.4. The van der Waals surface area contributed by atoms with Crippen molar-refractivity contribution >= 4 is 24.6 Å². The van der Waals surface area contributed by atoms with Gasteiger partial charge in [0.25, 0.3) is 5.56 Å². The number of rotatable bonds is 10. The second kappa shape index (κ2) is 11.4. The van der Waals surface area contributed by atoms with E-state index in [0.29, 0.717) is 0 Å². The van der Waals surface area contributed by atoms with Crippen LogP contribution in [0.4, 0.5) is 0 Å². The maximum atomic E-state index is 12.9. The van der Waals surface area contributed by atoms with Crippen LogP contribution in [-0.2, 0) is 25.0 Å². The predicted octanol–water partition coefficient (Wildman–Crippen LogP) is 1.36. The zero-order valence-electron chi connectivity index (χ0n) is 20.5. The lowest BCUT2D eigenvalue weighted by molar-refractivity contribution is -0.122. The molecule has 1 amide bonds. The first-order valence-electron chi connectivity index (χ1n) is 11.7. The topological polar surface area (TPSA) is 216 Å². The molecule has 1 aromatic carbocycles. The van der Waals surface area contributed by atoms with E-state index < -0.39 is 55.9 Å². The smallest absolute Gasteiger partial charge is 0.361 e. The molecule has 0 aliphatic carbocycles. The highest BCUT2D eigenvalue weighted by Crippen LogP contribution is 2.40. The molecule has 1 aliphatic rings. The first kappa shape index (κ1) is 27.3. The second-order valence-corrected chi connectivity index (χ2v) is 10.3. The molecule has 0 radical (unpaired) electrons. The first-order valence-corrected chi connectivity index (χ1v) is 13.2. The molecule has 4 rings (SSSR count). The summed E-state index contributed by atoms with van der Waals surface area (Å²) in [6.07, 6.45) is 1.31. The number of H-pyrrole nitrogens is 2. The van der Waals surface area contributed by atoms with E-state index in [-0.39, 0.29) is 18.4 Å². The molecule has 202 valence electrons. The average molecular weight is 546 g/mol. The number of aromatic amines is 2. The van der Waals surface area contributed by atoms with Crippen LogP contribution in [0.25, 0.3) is 21.3 Å². The van der Waals surface area contributed by atoms with Gasteiger partial charge in [0.15, 0.2) is 0 Å². The quantitative estimate of drug-likeness (QED) is 0.108. The molecule has 5 atom stereocenters. The molecular formula is C22H27N8O7P. The Bertz CT molecular complexity index is 1540. The third-order valence-electron chi connectivity index (χ3n) is 6.25. The highest BCUT2D eigenvalue weighted by molar-refractivity contribution is 7.50. The zero-order valence-corrected chi connectivity index (χ0v) is 21.4. The number of carbonyl (C=O) groups excluding carboxylic acids is 1. The van der Waals surface area contributed by atoms with Gasteiger partial charge in [-0.2, -0.15) is 0 Å². The number of fused-ring (bicyclic) bond motifs is 1. The molecule has 16 heteroatoms. The predicted molar refractivity (Wildman–Crippen MR) is 136 cm³/mol. The van der Waals surface area contributed by atoms with E-state index in [2.05, 4.69) is 30.4 Å². The van der Waals surface area contributed by atoms with Crippen LogP contribution < -0.4 is 21.7 Å². The molecule has 5 N–H and O–H groups in total. The number of hydrogen-bond donors (Lipinski definition) is 5. The van der Waals surface area contributed by atoms with Gasteiger partial charge in [-0.05, 0) is 30.5 Å². The van der Waals surface area contributed by atoms with Gasteiger partial charge in [0, 0.05) is 47.2 Å². The van der Waals surface area contributed by atoms with Crippen LogP contribution in [0.5, 0.6) is 0 Å². The normalized spacial score (nSPS) is 21.5. The molecule has 38 heavy (non-hydrogen) atoms. The fourth-order valence-electron chi connectivity index (χ4n) is 4.32. The number of carbonyl (C=O) groups is 1. The van der Waals surface area contributed by atoms with Crippen LogP contribution in [0.2, 0.25) is 0 Å². The summed E-state index contributed by atoms with van der Waals surface area (Å²) in [6, 6.07) is 5.52. The molecular weight excluding hydrogens is 519 g/mol. The highest BCUT2D eigenvalue weighted by atomic mass is 31.2. The molecule has 1 aliphatic heterocycles. The van der Waals surface area contributed by atoms with Crippen LogP contribution in [-0.4, -0.2) is 57.2 Å². The number of amides is 1.